The first-order valence-electron chi connectivity index (χ1n) is 9.14. The van der Waals surface area contributed by atoms with Crippen LogP contribution in [-0.2, 0) is 12.6 Å². The van der Waals surface area contributed by atoms with Crippen molar-refractivity contribution >= 4 is 17.4 Å². The number of alkyl halides is 3. The van der Waals surface area contributed by atoms with E-state index in [-0.39, 0.29) is 10.7 Å². The Kier molecular flexibility index (Phi) is 4.83. The molecule has 0 amide bonds. The molecular weight excluding hydrogens is 387 g/mol. The van der Waals surface area contributed by atoms with Gasteiger partial charge in [-0.1, -0.05) is 35.4 Å². The van der Waals surface area contributed by atoms with E-state index in [2.05, 4.69) is 5.32 Å². The molecule has 28 heavy (non-hydrogen) atoms. The molecule has 1 aliphatic heterocycles. The van der Waals surface area contributed by atoms with Crippen LogP contribution in [0.1, 0.15) is 29.5 Å². The highest BCUT2D eigenvalue weighted by Gasteiger charge is 2.32. The quantitative estimate of drug-likeness (QED) is 0.544. The molecule has 3 aromatic rings. The van der Waals surface area contributed by atoms with E-state index >= 15 is 0 Å². The fraction of sp³-hybridized carbons (Fsp3) is 0.286. The fourth-order valence-corrected chi connectivity index (χ4v) is 3.75. The van der Waals surface area contributed by atoms with Gasteiger partial charge in [0.2, 0.25) is 0 Å². The number of halogens is 4. The van der Waals surface area contributed by atoms with Crippen LogP contribution in [0.5, 0.6) is 0 Å². The van der Waals surface area contributed by atoms with Gasteiger partial charge in [-0.05, 0) is 50.5 Å². The standard InChI is InChI=1S/C21H19ClF3N3/c1-13-5-4-6-14(11-13)19-16-7-2-3-10-26-20(16)28(27-19)18-12-15(21(23,24)25)8-9-17(18)22/h4-6,8-9,11-12,26H,2-3,7,10H2,1H3. The number of benzene rings is 2. The Labute approximate surface area is 166 Å². The normalized spacial score (nSPS) is 14.3. The summed E-state index contributed by atoms with van der Waals surface area (Å²) in [7, 11) is 0. The molecular formula is C21H19ClF3N3. The number of hydrogen-bond acceptors (Lipinski definition) is 2. The zero-order valence-corrected chi connectivity index (χ0v) is 16.0. The molecule has 2 aromatic carbocycles. The van der Waals surface area contributed by atoms with Crippen molar-refractivity contribution in [3.05, 3.63) is 64.2 Å². The average Bonchev–Trinajstić information content (AvgIpc) is 2.82. The highest BCUT2D eigenvalue weighted by molar-refractivity contribution is 6.32. The van der Waals surface area contributed by atoms with Gasteiger partial charge < -0.3 is 5.32 Å². The van der Waals surface area contributed by atoms with Crippen LogP contribution in [0.4, 0.5) is 19.0 Å². The van der Waals surface area contributed by atoms with Gasteiger partial charge in [-0.2, -0.15) is 18.3 Å². The maximum Gasteiger partial charge on any atom is 0.416 e. The van der Waals surface area contributed by atoms with Gasteiger partial charge >= 0.3 is 6.18 Å². The van der Waals surface area contributed by atoms with Crippen LogP contribution in [0, 0.1) is 6.92 Å². The number of fused-ring (bicyclic) bond motifs is 1. The van der Waals surface area contributed by atoms with E-state index in [1.165, 1.54) is 10.7 Å². The molecule has 0 saturated heterocycles. The number of hydrogen-bond donors (Lipinski definition) is 1. The monoisotopic (exact) mass is 405 g/mol. The van der Waals surface area contributed by atoms with Gasteiger partial charge in [-0.3, -0.25) is 0 Å². The van der Waals surface area contributed by atoms with Gasteiger partial charge in [-0.15, -0.1) is 0 Å². The summed E-state index contributed by atoms with van der Waals surface area (Å²) in [6.07, 6.45) is -1.67. The Morgan fingerprint density at radius 1 is 1.11 bits per heavy atom. The van der Waals surface area contributed by atoms with Gasteiger partial charge in [-0.25, -0.2) is 4.68 Å². The van der Waals surface area contributed by atoms with Crippen molar-refractivity contribution < 1.29 is 13.2 Å². The second-order valence-corrected chi connectivity index (χ2v) is 7.41. The number of aryl methyl sites for hydroxylation is 1. The van der Waals surface area contributed by atoms with Gasteiger partial charge in [0.25, 0.3) is 0 Å². The Morgan fingerprint density at radius 3 is 2.68 bits per heavy atom. The molecule has 0 unspecified atom stereocenters. The smallest absolute Gasteiger partial charge is 0.370 e. The predicted molar refractivity (Wildman–Crippen MR) is 105 cm³/mol. The number of aromatic nitrogens is 2. The molecule has 4 rings (SSSR count). The Bertz CT molecular complexity index is 1020. The molecule has 1 aromatic heterocycles. The largest absolute Gasteiger partial charge is 0.416 e. The van der Waals surface area contributed by atoms with Crippen LogP contribution < -0.4 is 5.32 Å². The molecule has 0 saturated carbocycles. The fourth-order valence-electron chi connectivity index (χ4n) is 3.55. The van der Waals surface area contributed by atoms with Crippen molar-refractivity contribution in [1.29, 1.82) is 0 Å². The van der Waals surface area contributed by atoms with Crippen LogP contribution in [0.25, 0.3) is 16.9 Å². The molecule has 0 radical (unpaired) electrons. The Balaban J connectivity index is 1.94. The third kappa shape index (κ3) is 3.49. The summed E-state index contributed by atoms with van der Waals surface area (Å²) in [4.78, 5) is 0. The van der Waals surface area contributed by atoms with Crippen molar-refractivity contribution in [2.24, 2.45) is 0 Å². The van der Waals surface area contributed by atoms with Crippen LogP contribution in [0.3, 0.4) is 0 Å². The maximum atomic E-state index is 13.2. The van der Waals surface area contributed by atoms with E-state index in [0.717, 1.165) is 66.1 Å². The van der Waals surface area contributed by atoms with Crippen LogP contribution in [0.2, 0.25) is 5.02 Å². The zero-order chi connectivity index (χ0) is 19.9. The summed E-state index contributed by atoms with van der Waals surface area (Å²) in [6, 6.07) is 11.3. The molecule has 3 nitrogen and oxygen atoms in total. The van der Waals surface area contributed by atoms with Crippen LogP contribution in [0.15, 0.2) is 42.5 Å². The lowest BCUT2D eigenvalue weighted by molar-refractivity contribution is -0.137. The minimum atomic E-state index is -4.45. The topological polar surface area (TPSA) is 29.9 Å². The highest BCUT2D eigenvalue weighted by atomic mass is 35.5. The average molecular weight is 406 g/mol. The van der Waals surface area contributed by atoms with Crippen molar-refractivity contribution in [3.8, 4) is 16.9 Å². The van der Waals surface area contributed by atoms with Crippen molar-refractivity contribution in [1.82, 2.24) is 9.78 Å². The first-order chi connectivity index (χ1) is 13.3. The third-order valence-corrected chi connectivity index (χ3v) is 5.24. The number of anilines is 1. The van der Waals surface area contributed by atoms with Crippen molar-refractivity contribution in [2.75, 3.05) is 11.9 Å². The maximum absolute atomic E-state index is 13.2. The molecule has 146 valence electrons. The summed E-state index contributed by atoms with van der Waals surface area (Å²) < 4.78 is 41.3. The highest BCUT2D eigenvalue weighted by Crippen LogP contribution is 2.38. The Morgan fingerprint density at radius 2 is 1.93 bits per heavy atom. The first-order valence-corrected chi connectivity index (χ1v) is 9.52. The number of nitrogens with one attached hydrogen (secondary N) is 1. The molecule has 2 heterocycles. The zero-order valence-electron chi connectivity index (χ0n) is 15.3. The van der Waals surface area contributed by atoms with E-state index in [9.17, 15) is 13.2 Å². The summed E-state index contributed by atoms with van der Waals surface area (Å²) in [5.41, 5.74) is 3.31. The van der Waals surface area contributed by atoms with Gasteiger partial charge in [0.05, 0.1) is 22.0 Å². The second-order valence-electron chi connectivity index (χ2n) is 7.00. The number of rotatable bonds is 2. The van der Waals surface area contributed by atoms with Gasteiger partial charge in [0.15, 0.2) is 0 Å². The number of nitrogens with zero attached hydrogens (tertiary/aromatic N) is 2. The molecule has 0 aliphatic carbocycles. The van der Waals surface area contributed by atoms with Gasteiger partial charge in [0, 0.05) is 17.7 Å². The van der Waals surface area contributed by atoms with E-state index in [4.69, 9.17) is 16.7 Å². The van der Waals surface area contributed by atoms with Crippen LogP contribution >= 0.6 is 11.6 Å². The summed E-state index contributed by atoms with van der Waals surface area (Å²) in [6.45, 7) is 2.74. The summed E-state index contributed by atoms with van der Waals surface area (Å²) >= 11 is 6.29. The minimum absolute atomic E-state index is 0.222. The van der Waals surface area contributed by atoms with E-state index in [1.54, 1.807) is 0 Å². The molecule has 0 spiro atoms. The molecule has 0 atom stereocenters. The minimum Gasteiger partial charge on any atom is -0.370 e. The second kappa shape index (κ2) is 7.17. The first kappa shape index (κ1) is 18.9. The lowest BCUT2D eigenvalue weighted by Crippen LogP contribution is -2.10. The van der Waals surface area contributed by atoms with Crippen molar-refractivity contribution in [2.45, 2.75) is 32.4 Å². The molecule has 1 N–H and O–H groups in total. The third-order valence-electron chi connectivity index (χ3n) is 4.92. The summed E-state index contributed by atoms with van der Waals surface area (Å²) in [5.74, 6) is 0.718. The lowest BCUT2D eigenvalue weighted by Gasteiger charge is -2.13. The molecule has 7 heteroatoms. The van der Waals surface area contributed by atoms with E-state index in [1.807, 2.05) is 31.2 Å². The van der Waals surface area contributed by atoms with Gasteiger partial charge in [0.1, 0.15) is 5.82 Å². The van der Waals surface area contributed by atoms with Crippen molar-refractivity contribution in [3.63, 3.8) is 0 Å². The predicted octanol–water partition coefficient (Wildman–Crippen LogP) is 6.27. The van der Waals surface area contributed by atoms with E-state index < -0.39 is 11.7 Å². The summed E-state index contributed by atoms with van der Waals surface area (Å²) in [5, 5.41) is 8.27. The lowest BCUT2D eigenvalue weighted by atomic mass is 10.0. The Hall–Kier alpha value is -2.47. The van der Waals surface area contributed by atoms with E-state index in [0.29, 0.717) is 0 Å². The molecule has 0 bridgehead atoms. The molecule has 0 fully saturated rings. The molecule has 1 aliphatic rings. The SMILES string of the molecule is Cc1cccc(-c2nn(-c3cc(C(F)(F)F)ccc3Cl)c3c2CCCCN3)c1. The van der Waals surface area contributed by atoms with Crippen LogP contribution in [-0.4, -0.2) is 16.3 Å².